The molecular weight excluding hydrogens is 379 g/mol. The summed E-state index contributed by atoms with van der Waals surface area (Å²) >= 11 is 11.9. The zero-order valence-electron chi connectivity index (χ0n) is 14.9. The smallest absolute Gasteiger partial charge is 0.212 e. The average molecular weight is 399 g/mol. The van der Waals surface area contributed by atoms with E-state index in [0.717, 1.165) is 23.4 Å². The molecule has 2 aromatic carbocycles. The zero-order chi connectivity index (χ0) is 19.1. The van der Waals surface area contributed by atoms with Crippen LogP contribution in [-0.4, -0.2) is 24.3 Å². The highest BCUT2D eigenvalue weighted by molar-refractivity contribution is 6.30. The van der Waals surface area contributed by atoms with Crippen LogP contribution in [0.4, 0.5) is 0 Å². The van der Waals surface area contributed by atoms with Gasteiger partial charge in [-0.15, -0.1) is 0 Å². The lowest BCUT2D eigenvalue weighted by Crippen LogP contribution is -2.35. The lowest BCUT2D eigenvalue weighted by Gasteiger charge is -2.05. The molecule has 0 fully saturated rings. The number of allylic oxidation sites excluding steroid dienone is 2. The van der Waals surface area contributed by atoms with Gasteiger partial charge in [-0.2, -0.15) is 5.10 Å². The van der Waals surface area contributed by atoms with E-state index in [0.29, 0.717) is 22.0 Å². The van der Waals surface area contributed by atoms with E-state index in [4.69, 9.17) is 23.2 Å². The second-order valence-corrected chi connectivity index (χ2v) is 7.03. The maximum absolute atomic E-state index is 5.94. The van der Waals surface area contributed by atoms with E-state index in [9.17, 15) is 0 Å². The molecule has 1 atom stereocenters. The van der Waals surface area contributed by atoms with E-state index < -0.39 is 0 Å². The molecule has 0 radical (unpaired) electrons. The summed E-state index contributed by atoms with van der Waals surface area (Å²) in [7, 11) is 0. The molecule has 0 amide bonds. The summed E-state index contributed by atoms with van der Waals surface area (Å²) in [5, 5.41) is 9.10. The fourth-order valence-electron chi connectivity index (χ4n) is 2.38. The summed E-state index contributed by atoms with van der Waals surface area (Å²) in [4.78, 5) is 4.35. The Bertz CT molecular complexity index is 824. The highest BCUT2D eigenvalue weighted by Crippen LogP contribution is 2.12. The summed E-state index contributed by atoms with van der Waals surface area (Å²) in [6, 6.07) is 15.6. The van der Waals surface area contributed by atoms with Crippen LogP contribution in [0.15, 0.2) is 70.8 Å². The number of rotatable bonds is 5. The topological polar surface area (TPSA) is 48.8 Å². The van der Waals surface area contributed by atoms with Gasteiger partial charge in [0.1, 0.15) is 0 Å². The van der Waals surface area contributed by atoms with Gasteiger partial charge in [-0.1, -0.05) is 59.6 Å². The van der Waals surface area contributed by atoms with Crippen molar-refractivity contribution in [2.24, 2.45) is 10.1 Å². The molecule has 27 heavy (non-hydrogen) atoms. The first kappa shape index (κ1) is 19.2. The molecule has 138 valence electrons. The van der Waals surface area contributed by atoms with Gasteiger partial charge in [-0.05, 0) is 54.5 Å². The Kier molecular flexibility index (Phi) is 6.69. The van der Waals surface area contributed by atoms with Crippen molar-refractivity contribution in [1.82, 2.24) is 10.7 Å². The van der Waals surface area contributed by atoms with Crippen LogP contribution in [0.5, 0.6) is 0 Å². The number of aliphatic imine (C=N–C) groups is 1. The number of halogens is 2. The maximum atomic E-state index is 5.94. The normalized spacial score (nSPS) is 16.4. The van der Waals surface area contributed by atoms with Crippen LogP contribution >= 0.6 is 23.2 Å². The van der Waals surface area contributed by atoms with Gasteiger partial charge in [0.05, 0.1) is 12.3 Å². The Morgan fingerprint density at radius 1 is 1.00 bits per heavy atom. The standard InChI is InChI=1S/C21H20Cl2N4/c1-15-14-24-21(25-15)27-26-20(12-6-16-2-8-18(22)9-3-16)13-7-17-4-10-19(23)11-5-17/h2-13,15H,14H2,1H3,(H2,24,25,27). The number of hydrogen-bond acceptors (Lipinski definition) is 4. The van der Waals surface area contributed by atoms with E-state index in [-0.39, 0.29) is 0 Å². The van der Waals surface area contributed by atoms with Crippen LogP contribution in [0.2, 0.25) is 10.0 Å². The molecule has 6 heteroatoms. The minimum Gasteiger partial charge on any atom is -0.351 e. The first-order valence-corrected chi connectivity index (χ1v) is 9.36. The number of hydrogen-bond donors (Lipinski definition) is 2. The number of nitrogens with one attached hydrogen (secondary N) is 2. The highest BCUT2D eigenvalue weighted by Gasteiger charge is 2.11. The molecule has 1 heterocycles. The fraction of sp³-hybridized carbons (Fsp3) is 0.143. The van der Waals surface area contributed by atoms with Crippen LogP contribution in [0.1, 0.15) is 18.1 Å². The van der Waals surface area contributed by atoms with Crippen molar-refractivity contribution in [2.45, 2.75) is 13.0 Å². The van der Waals surface area contributed by atoms with Crippen LogP contribution in [-0.2, 0) is 0 Å². The molecule has 1 aliphatic heterocycles. The molecule has 0 spiro atoms. The monoisotopic (exact) mass is 398 g/mol. The van der Waals surface area contributed by atoms with E-state index in [2.05, 4.69) is 27.8 Å². The van der Waals surface area contributed by atoms with Crippen LogP contribution in [0, 0.1) is 0 Å². The third-order valence-electron chi connectivity index (χ3n) is 3.83. The van der Waals surface area contributed by atoms with Gasteiger partial charge in [0.25, 0.3) is 0 Å². The number of guanidine groups is 1. The average Bonchev–Trinajstić information content (AvgIpc) is 3.09. The van der Waals surface area contributed by atoms with Gasteiger partial charge in [-0.3, -0.25) is 0 Å². The summed E-state index contributed by atoms with van der Waals surface area (Å²) < 4.78 is 0. The predicted octanol–water partition coefficient (Wildman–Crippen LogP) is 5.01. The Labute approximate surface area is 169 Å². The molecule has 0 saturated carbocycles. The molecule has 0 aliphatic carbocycles. The molecule has 0 bridgehead atoms. The van der Waals surface area contributed by atoms with Crippen molar-refractivity contribution in [3.05, 3.63) is 81.9 Å². The van der Waals surface area contributed by atoms with Gasteiger partial charge in [0, 0.05) is 16.1 Å². The summed E-state index contributed by atoms with van der Waals surface area (Å²) in [5.74, 6) is 0.680. The lowest BCUT2D eigenvalue weighted by atomic mass is 10.1. The SMILES string of the molecule is CC1CN=C(NN=C(C=Cc2ccc(Cl)cc2)C=Cc2ccc(Cl)cc2)N1. The molecular formula is C21H20Cl2N4. The fourth-order valence-corrected chi connectivity index (χ4v) is 2.63. The van der Waals surface area contributed by atoms with Crippen molar-refractivity contribution in [3.8, 4) is 0 Å². The first-order chi connectivity index (χ1) is 13.1. The molecule has 1 unspecified atom stereocenters. The minimum atomic E-state index is 0.320. The van der Waals surface area contributed by atoms with Crippen molar-refractivity contribution < 1.29 is 0 Å². The molecule has 3 rings (SSSR count). The van der Waals surface area contributed by atoms with Gasteiger partial charge in [0.2, 0.25) is 5.96 Å². The predicted molar refractivity (Wildman–Crippen MR) is 116 cm³/mol. The van der Waals surface area contributed by atoms with E-state index in [1.54, 1.807) is 0 Å². The molecule has 0 saturated heterocycles. The van der Waals surface area contributed by atoms with Crippen LogP contribution < -0.4 is 10.7 Å². The first-order valence-electron chi connectivity index (χ1n) is 8.60. The minimum absolute atomic E-state index is 0.320. The van der Waals surface area contributed by atoms with E-state index in [1.807, 2.05) is 72.8 Å². The Morgan fingerprint density at radius 2 is 1.52 bits per heavy atom. The Balaban J connectivity index is 1.76. The van der Waals surface area contributed by atoms with Crippen molar-refractivity contribution in [2.75, 3.05) is 6.54 Å². The van der Waals surface area contributed by atoms with Gasteiger partial charge in [-0.25, -0.2) is 10.4 Å². The van der Waals surface area contributed by atoms with Gasteiger partial charge >= 0.3 is 0 Å². The molecule has 2 aromatic rings. The van der Waals surface area contributed by atoms with Crippen LogP contribution in [0.25, 0.3) is 12.2 Å². The highest BCUT2D eigenvalue weighted by atomic mass is 35.5. The maximum Gasteiger partial charge on any atom is 0.212 e. The molecule has 4 nitrogen and oxygen atoms in total. The third kappa shape index (κ3) is 6.27. The number of nitrogens with zero attached hydrogens (tertiary/aromatic N) is 2. The van der Waals surface area contributed by atoms with Crippen LogP contribution in [0.3, 0.4) is 0 Å². The zero-order valence-corrected chi connectivity index (χ0v) is 16.4. The van der Waals surface area contributed by atoms with Gasteiger partial charge in [0.15, 0.2) is 0 Å². The quantitative estimate of drug-likeness (QED) is 0.548. The van der Waals surface area contributed by atoms with Crippen molar-refractivity contribution in [1.29, 1.82) is 0 Å². The molecule has 2 N–H and O–H groups in total. The van der Waals surface area contributed by atoms with Gasteiger partial charge < -0.3 is 5.32 Å². The summed E-state index contributed by atoms with van der Waals surface area (Å²) in [6.07, 6.45) is 7.83. The molecule has 0 aromatic heterocycles. The van der Waals surface area contributed by atoms with Crippen molar-refractivity contribution >= 4 is 47.0 Å². The van der Waals surface area contributed by atoms with E-state index in [1.165, 1.54) is 0 Å². The Hall–Kier alpha value is -2.56. The summed E-state index contributed by atoms with van der Waals surface area (Å²) in [6.45, 7) is 2.82. The van der Waals surface area contributed by atoms with E-state index >= 15 is 0 Å². The largest absolute Gasteiger partial charge is 0.351 e. The summed E-state index contributed by atoms with van der Waals surface area (Å²) in [5.41, 5.74) is 5.82. The Morgan fingerprint density at radius 3 is 1.96 bits per heavy atom. The number of benzene rings is 2. The lowest BCUT2D eigenvalue weighted by molar-refractivity contribution is 0.717. The van der Waals surface area contributed by atoms with Crippen molar-refractivity contribution in [3.63, 3.8) is 0 Å². The number of hydrazone groups is 1. The third-order valence-corrected chi connectivity index (χ3v) is 4.33. The molecule has 1 aliphatic rings. The second-order valence-electron chi connectivity index (χ2n) is 6.15. The second kappa shape index (κ2) is 9.40.